The van der Waals surface area contributed by atoms with Gasteiger partial charge in [0.2, 0.25) is 5.91 Å². The van der Waals surface area contributed by atoms with E-state index in [1.165, 1.54) is 0 Å². The first-order chi connectivity index (χ1) is 8.65. The van der Waals surface area contributed by atoms with Crippen molar-refractivity contribution in [3.63, 3.8) is 0 Å². The Hall–Kier alpha value is -2.07. The number of nitrogens with zero attached hydrogens (tertiary/aromatic N) is 1. The fourth-order valence-corrected chi connectivity index (χ4v) is 1.58. The zero-order chi connectivity index (χ0) is 13.0. The smallest absolute Gasteiger partial charge is 0.248 e. The molecule has 1 heterocycles. The maximum Gasteiger partial charge on any atom is 0.248 e. The van der Waals surface area contributed by atoms with Crippen LogP contribution in [0.3, 0.4) is 0 Å². The summed E-state index contributed by atoms with van der Waals surface area (Å²) < 4.78 is 0. The molecule has 0 aliphatic carbocycles. The number of nitrogens with two attached hydrogens (primary N) is 1. The van der Waals surface area contributed by atoms with Gasteiger partial charge in [0, 0.05) is 12.1 Å². The van der Waals surface area contributed by atoms with Crippen molar-refractivity contribution in [2.45, 2.75) is 6.54 Å². The van der Waals surface area contributed by atoms with E-state index in [-0.39, 0.29) is 0 Å². The zero-order valence-corrected chi connectivity index (χ0v) is 10.3. The van der Waals surface area contributed by atoms with E-state index in [0.717, 1.165) is 11.3 Å². The molecular weight excluding hydrogens is 250 g/mol. The van der Waals surface area contributed by atoms with Crippen LogP contribution < -0.4 is 11.1 Å². The van der Waals surface area contributed by atoms with Gasteiger partial charge in [-0.15, -0.1) is 0 Å². The molecule has 0 saturated heterocycles. The standard InChI is InChI=1S/C13H12ClN3O/c14-12-6-5-11(8-17-12)16-7-9-1-3-10(4-2-9)13(15)18/h1-6,8,16H,7H2,(H2,15,18). The minimum Gasteiger partial charge on any atom is -0.380 e. The highest BCUT2D eigenvalue weighted by Gasteiger charge is 2.00. The first kappa shape index (κ1) is 12.4. The van der Waals surface area contributed by atoms with Crippen LogP contribution in [-0.4, -0.2) is 10.9 Å². The maximum atomic E-state index is 10.9. The maximum absolute atomic E-state index is 10.9. The molecule has 0 radical (unpaired) electrons. The number of anilines is 1. The molecule has 0 bridgehead atoms. The van der Waals surface area contributed by atoms with Crippen LogP contribution in [0.4, 0.5) is 5.69 Å². The summed E-state index contributed by atoms with van der Waals surface area (Å²) in [5, 5.41) is 3.66. The van der Waals surface area contributed by atoms with Crippen LogP contribution in [0.2, 0.25) is 5.15 Å². The van der Waals surface area contributed by atoms with Gasteiger partial charge in [-0.2, -0.15) is 0 Å². The van der Waals surface area contributed by atoms with Crippen LogP contribution in [0, 0.1) is 0 Å². The first-order valence-electron chi connectivity index (χ1n) is 5.39. The van der Waals surface area contributed by atoms with Crippen LogP contribution in [0.5, 0.6) is 0 Å². The second-order valence-corrected chi connectivity index (χ2v) is 4.17. The second kappa shape index (κ2) is 5.51. The molecule has 92 valence electrons. The Morgan fingerprint density at radius 3 is 2.50 bits per heavy atom. The lowest BCUT2D eigenvalue weighted by Gasteiger charge is -2.06. The molecule has 1 aromatic heterocycles. The number of halogens is 1. The lowest BCUT2D eigenvalue weighted by Crippen LogP contribution is -2.10. The highest BCUT2D eigenvalue weighted by molar-refractivity contribution is 6.29. The van der Waals surface area contributed by atoms with E-state index < -0.39 is 5.91 Å². The average molecular weight is 262 g/mol. The van der Waals surface area contributed by atoms with Crippen molar-refractivity contribution < 1.29 is 4.79 Å². The summed E-state index contributed by atoms with van der Waals surface area (Å²) in [5.41, 5.74) is 7.61. The third kappa shape index (κ3) is 3.21. The van der Waals surface area contributed by atoms with E-state index >= 15 is 0 Å². The van der Waals surface area contributed by atoms with Crippen molar-refractivity contribution in [1.82, 2.24) is 4.98 Å². The molecule has 0 aliphatic rings. The van der Waals surface area contributed by atoms with E-state index in [9.17, 15) is 4.79 Å². The van der Waals surface area contributed by atoms with Crippen molar-refractivity contribution in [2.24, 2.45) is 5.73 Å². The lowest BCUT2D eigenvalue weighted by atomic mass is 10.1. The Bertz CT molecular complexity index is 537. The van der Waals surface area contributed by atoms with Gasteiger partial charge in [0.05, 0.1) is 11.9 Å². The molecule has 5 heteroatoms. The van der Waals surface area contributed by atoms with Gasteiger partial charge >= 0.3 is 0 Å². The quantitative estimate of drug-likeness (QED) is 0.831. The van der Waals surface area contributed by atoms with Crippen LogP contribution >= 0.6 is 11.6 Å². The third-order valence-electron chi connectivity index (χ3n) is 2.46. The van der Waals surface area contributed by atoms with Crippen molar-refractivity contribution >= 4 is 23.2 Å². The van der Waals surface area contributed by atoms with Gasteiger partial charge in [0.15, 0.2) is 0 Å². The van der Waals surface area contributed by atoms with E-state index in [0.29, 0.717) is 17.3 Å². The average Bonchev–Trinajstić information content (AvgIpc) is 2.38. The van der Waals surface area contributed by atoms with E-state index in [1.807, 2.05) is 18.2 Å². The first-order valence-corrected chi connectivity index (χ1v) is 5.77. The number of rotatable bonds is 4. The number of hydrogen-bond donors (Lipinski definition) is 2. The molecule has 3 N–H and O–H groups in total. The molecule has 0 fully saturated rings. The number of pyridine rings is 1. The molecule has 2 aromatic rings. The summed E-state index contributed by atoms with van der Waals surface area (Å²) in [7, 11) is 0. The number of primary amides is 1. The molecule has 0 unspecified atom stereocenters. The predicted octanol–water partition coefficient (Wildman–Crippen LogP) is 2.45. The predicted molar refractivity (Wildman–Crippen MR) is 71.5 cm³/mol. The Labute approximate surface area is 110 Å². The number of aromatic nitrogens is 1. The Morgan fingerprint density at radius 1 is 1.22 bits per heavy atom. The summed E-state index contributed by atoms with van der Waals surface area (Å²) in [6.07, 6.45) is 1.67. The summed E-state index contributed by atoms with van der Waals surface area (Å²) in [4.78, 5) is 14.9. The molecule has 0 spiro atoms. The largest absolute Gasteiger partial charge is 0.380 e. The highest BCUT2D eigenvalue weighted by atomic mass is 35.5. The van der Waals surface area contributed by atoms with Gasteiger partial charge in [0.1, 0.15) is 5.15 Å². The number of amides is 1. The Kier molecular flexibility index (Phi) is 3.79. The molecule has 18 heavy (non-hydrogen) atoms. The van der Waals surface area contributed by atoms with Crippen molar-refractivity contribution in [3.8, 4) is 0 Å². The normalized spacial score (nSPS) is 10.1. The molecule has 1 amide bonds. The van der Waals surface area contributed by atoms with Gasteiger partial charge in [0.25, 0.3) is 0 Å². The van der Waals surface area contributed by atoms with E-state index in [1.54, 1.807) is 24.4 Å². The summed E-state index contributed by atoms with van der Waals surface area (Å²) in [6, 6.07) is 10.7. The van der Waals surface area contributed by atoms with Crippen molar-refractivity contribution in [2.75, 3.05) is 5.32 Å². The zero-order valence-electron chi connectivity index (χ0n) is 9.56. The fraction of sp³-hybridized carbons (Fsp3) is 0.0769. The number of nitrogens with one attached hydrogen (secondary N) is 1. The lowest BCUT2D eigenvalue weighted by molar-refractivity contribution is 0.100. The minimum absolute atomic E-state index is 0.420. The SMILES string of the molecule is NC(=O)c1ccc(CNc2ccc(Cl)nc2)cc1. The molecule has 1 aromatic carbocycles. The van der Waals surface area contributed by atoms with Gasteiger partial charge < -0.3 is 11.1 Å². The fourth-order valence-electron chi connectivity index (χ4n) is 1.47. The molecular formula is C13H12ClN3O. The van der Waals surface area contributed by atoms with Crippen LogP contribution in [0.15, 0.2) is 42.6 Å². The molecule has 0 aliphatic heterocycles. The molecule has 0 atom stereocenters. The summed E-state index contributed by atoms with van der Waals surface area (Å²) >= 11 is 5.69. The van der Waals surface area contributed by atoms with Gasteiger partial charge in [-0.25, -0.2) is 4.98 Å². The van der Waals surface area contributed by atoms with E-state index in [2.05, 4.69) is 10.3 Å². The van der Waals surface area contributed by atoms with E-state index in [4.69, 9.17) is 17.3 Å². The highest BCUT2D eigenvalue weighted by Crippen LogP contribution is 2.11. The number of hydrogen-bond acceptors (Lipinski definition) is 3. The number of carbonyl (C=O) groups excluding carboxylic acids is 1. The summed E-state index contributed by atoms with van der Waals surface area (Å²) in [5.74, 6) is -0.420. The van der Waals surface area contributed by atoms with Crippen LogP contribution in [0.25, 0.3) is 0 Å². The van der Waals surface area contributed by atoms with Crippen molar-refractivity contribution in [1.29, 1.82) is 0 Å². The van der Waals surface area contributed by atoms with Gasteiger partial charge in [-0.05, 0) is 29.8 Å². The minimum atomic E-state index is -0.420. The molecule has 2 rings (SSSR count). The topological polar surface area (TPSA) is 68.0 Å². The van der Waals surface area contributed by atoms with Crippen LogP contribution in [0.1, 0.15) is 15.9 Å². The number of benzene rings is 1. The summed E-state index contributed by atoms with van der Waals surface area (Å²) in [6.45, 7) is 0.641. The monoisotopic (exact) mass is 261 g/mol. The number of carbonyl (C=O) groups is 1. The van der Waals surface area contributed by atoms with Crippen molar-refractivity contribution in [3.05, 3.63) is 58.9 Å². The van der Waals surface area contributed by atoms with Crippen LogP contribution in [-0.2, 0) is 6.54 Å². The molecule has 4 nitrogen and oxygen atoms in total. The second-order valence-electron chi connectivity index (χ2n) is 3.78. The molecule has 0 saturated carbocycles. The van der Waals surface area contributed by atoms with Gasteiger partial charge in [-0.3, -0.25) is 4.79 Å². The Morgan fingerprint density at radius 2 is 1.94 bits per heavy atom. The third-order valence-corrected chi connectivity index (χ3v) is 2.69. The Balaban J connectivity index is 1.97. The van der Waals surface area contributed by atoms with Gasteiger partial charge in [-0.1, -0.05) is 23.7 Å².